The van der Waals surface area contributed by atoms with E-state index < -0.39 is 0 Å². The molecule has 0 unspecified atom stereocenters. The van der Waals surface area contributed by atoms with Crippen LogP contribution in [0.15, 0.2) is 6.07 Å². The second kappa shape index (κ2) is 6.89. The van der Waals surface area contributed by atoms with Crippen LogP contribution in [0.1, 0.15) is 37.3 Å². The molecule has 1 aromatic rings. The molecule has 0 radical (unpaired) electrons. The van der Waals surface area contributed by atoms with Crippen LogP contribution in [-0.2, 0) is 12.8 Å². The van der Waals surface area contributed by atoms with E-state index in [1.807, 2.05) is 6.07 Å². The highest BCUT2D eigenvalue weighted by molar-refractivity contribution is 6.31. The van der Waals surface area contributed by atoms with Crippen LogP contribution < -0.4 is 14.8 Å². The lowest BCUT2D eigenvalue weighted by molar-refractivity contribution is 0.296. The molecule has 0 bridgehead atoms. The summed E-state index contributed by atoms with van der Waals surface area (Å²) in [5.74, 6) is 2.48. The van der Waals surface area contributed by atoms with Crippen LogP contribution in [0, 0.1) is 5.92 Å². The lowest BCUT2D eigenvalue weighted by Gasteiger charge is -2.25. The van der Waals surface area contributed by atoms with Gasteiger partial charge in [0.15, 0.2) is 11.5 Å². The van der Waals surface area contributed by atoms with Crippen molar-refractivity contribution in [2.45, 2.75) is 39.0 Å². The first-order valence-corrected chi connectivity index (χ1v) is 8.48. The Morgan fingerprint density at radius 3 is 2.71 bits per heavy atom. The van der Waals surface area contributed by atoms with E-state index in [9.17, 15) is 0 Å². The van der Waals surface area contributed by atoms with Crippen LogP contribution in [0.2, 0.25) is 5.02 Å². The molecule has 0 atom stereocenters. The quantitative estimate of drug-likeness (QED) is 0.925. The van der Waals surface area contributed by atoms with Crippen molar-refractivity contribution in [3.63, 3.8) is 0 Å². The minimum Gasteiger partial charge on any atom is -0.489 e. The summed E-state index contributed by atoms with van der Waals surface area (Å²) in [5.41, 5.74) is 2.52. The molecule has 0 amide bonds. The van der Waals surface area contributed by atoms with E-state index in [0.29, 0.717) is 6.61 Å². The molecule has 0 spiro atoms. The van der Waals surface area contributed by atoms with E-state index in [1.54, 1.807) is 0 Å². The normalized spacial score (nSPS) is 19.3. The van der Waals surface area contributed by atoms with Crippen LogP contribution >= 0.6 is 11.6 Å². The number of fused-ring (bicyclic) bond motifs is 1. The number of piperidine rings is 1. The van der Waals surface area contributed by atoms with E-state index in [2.05, 4.69) is 12.2 Å². The topological polar surface area (TPSA) is 30.5 Å². The number of rotatable bonds is 3. The zero-order chi connectivity index (χ0) is 14.7. The molecular formula is C17H24ClNO2. The third kappa shape index (κ3) is 3.29. The maximum atomic E-state index is 6.57. The molecule has 116 valence electrons. The number of benzene rings is 1. The van der Waals surface area contributed by atoms with Crippen molar-refractivity contribution in [3.05, 3.63) is 22.2 Å². The largest absolute Gasteiger partial charge is 0.489 e. The predicted octanol–water partition coefficient (Wildman–Crippen LogP) is 3.61. The molecule has 0 saturated carbocycles. The first-order valence-electron chi connectivity index (χ1n) is 8.10. The van der Waals surface area contributed by atoms with E-state index in [1.165, 1.54) is 24.0 Å². The van der Waals surface area contributed by atoms with Crippen LogP contribution in [-0.4, -0.2) is 26.3 Å². The number of halogens is 1. The fourth-order valence-corrected chi connectivity index (χ4v) is 3.64. The standard InChI is InChI=1S/C17H24ClNO2/c1-2-13-14(10-12-4-6-19-7-5-12)15(18)11-16-17(13)21-9-3-8-20-16/h11-12,19H,2-10H2,1H3. The molecule has 1 saturated heterocycles. The molecule has 21 heavy (non-hydrogen) atoms. The van der Waals surface area contributed by atoms with Crippen LogP contribution in [0.5, 0.6) is 11.5 Å². The zero-order valence-electron chi connectivity index (χ0n) is 12.7. The van der Waals surface area contributed by atoms with Gasteiger partial charge < -0.3 is 14.8 Å². The highest BCUT2D eigenvalue weighted by Gasteiger charge is 2.23. The second-order valence-electron chi connectivity index (χ2n) is 5.94. The molecule has 3 rings (SSSR count). The summed E-state index contributed by atoms with van der Waals surface area (Å²) in [6.45, 7) is 5.85. The zero-order valence-corrected chi connectivity index (χ0v) is 13.5. The number of hydrogen-bond donors (Lipinski definition) is 1. The fourth-order valence-electron chi connectivity index (χ4n) is 3.35. The first kappa shape index (κ1) is 15.0. The molecule has 0 aromatic heterocycles. The molecule has 2 heterocycles. The minimum atomic E-state index is 0.708. The van der Waals surface area contributed by atoms with Crippen LogP contribution in [0.3, 0.4) is 0 Å². The summed E-state index contributed by atoms with van der Waals surface area (Å²) in [6.07, 6.45) is 5.38. The van der Waals surface area contributed by atoms with Crippen molar-refractivity contribution < 1.29 is 9.47 Å². The van der Waals surface area contributed by atoms with Gasteiger partial charge in [-0.3, -0.25) is 0 Å². The van der Waals surface area contributed by atoms with E-state index >= 15 is 0 Å². The van der Waals surface area contributed by atoms with Gasteiger partial charge in [0.25, 0.3) is 0 Å². The Morgan fingerprint density at radius 1 is 1.19 bits per heavy atom. The number of ether oxygens (including phenoxy) is 2. The lowest BCUT2D eigenvalue weighted by atomic mass is 9.88. The molecule has 3 nitrogen and oxygen atoms in total. The van der Waals surface area contributed by atoms with Crippen LogP contribution in [0.4, 0.5) is 0 Å². The number of hydrogen-bond acceptors (Lipinski definition) is 3. The highest BCUT2D eigenvalue weighted by Crippen LogP contribution is 2.41. The van der Waals surface area contributed by atoms with Gasteiger partial charge >= 0.3 is 0 Å². The monoisotopic (exact) mass is 309 g/mol. The highest BCUT2D eigenvalue weighted by atomic mass is 35.5. The Morgan fingerprint density at radius 2 is 1.95 bits per heavy atom. The van der Waals surface area contributed by atoms with Crippen molar-refractivity contribution in [1.29, 1.82) is 0 Å². The average Bonchev–Trinajstić information content (AvgIpc) is 2.74. The van der Waals surface area contributed by atoms with Gasteiger partial charge in [-0.1, -0.05) is 18.5 Å². The van der Waals surface area contributed by atoms with Crippen molar-refractivity contribution in [1.82, 2.24) is 5.32 Å². The van der Waals surface area contributed by atoms with E-state index in [-0.39, 0.29) is 0 Å². The van der Waals surface area contributed by atoms with Gasteiger partial charge in [-0.2, -0.15) is 0 Å². The third-order valence-corrected chi connectivity index (χ3v) is 4.84. The van der Waals surface area contributed by atoms with Crippen LogP contribution in [0.25, 0.3) is 0 Å². The minimum absolute atomic E-state index is 0.708. The summed E-state index contributed by atoms with van der Waals surface area (Å²) in [5, 5.41) is 4.27. The van der Waals surface area contributed by atoms with Gasteiger partial charge in [0, 0.05) is 23.1 Å². The fraction of sp³-hybridized carbons (Fsp3) is 0.647. The van der Waals surface area contributed by atoms with E-state index in [4.69, 9.17) is 21.1 Å². The average molecular weight is 310 g/mol. The van der Waals surface area contributed by atoms with Gasteiger partial charge in [0.1, 0.15) is 0 Å². The molecule has 1 aromatic carbocycles. The maximum Gasteiger partial charge on any atom is 0.164 e. The molecule has 4 heteroatoms. The smallest absolute Gasteiger partial charge is 0.164 e. The Balaban J connectivity index is 1.92. The Labute approximate surface area is 132 Å². The summed E-state index contributed by atoms with van der Waals surface area (Å²) in [4.78, 5) is 0. The molecule has 0 aliphatic carbocycles. The van der Waals surface area contributed by atoms with Crippen molar-refractivity contribution in [2.24, 2.45) is 5.92 Å². The summed E-state index contributed by atoms with van der Waals surface area (Å²) in [7, 11) is 0. The van der Waals surface area contributed by atoms with Crippen molar-refractivity contribution in [3.8, 4) is 11.5 Å². The third-order valence-electron chi connectivity index (χ3n) is 4.51. The van der Waals surface area contributed by atoms with Gasteiger partial charge in [-0.15, -0.1) is 0 Å². The van der Waals surface area contributed by atoms with Gasteiger partial charge in [-0.25, -0.2) is 0 Å². The summed E-state index contributed by atoms with van der Waals surface area (Å²) >= 11 is 6.57. The molecule has 2 aliphatic rings. The van der Waals surface area contributed by atoms with Gasteiger partial charge in [0.2, 0.25) is 0 Å². The van der Waals surface area contributed by atoms with E-state index in [0.717, 1.165) is 61.4 Å². The Bertz CT molecular complexity index is 498. The Hall–Kier alpha value is -0.930. The SMILES string of the molecule is CCc1c(CC2CCNCC2)c(Cl)cc2c1OCCCO2. The molecule has 1 N–H and O–H groups in total. The summed E-state index contributed by atoms with van der Waals surface area (Å²) in [6, 6.07) is 1.96. The Kier molecular flexibility index (Phi) is 4.91. The second-order valence-corrected chi connectivity index (χ2v) is 6.35. The molecule has 1 fully saturated rings. The van der Waals surface area contributed by atoms with Crippen molar-refractivity contribution >= 4 is 11.6 Å². The molecule has 2 aliphatic heterocycles. The van der Waals surface area contributed by atoms with Crippen molar-refractivity contribution in [2.75, 3.05) is 26.3 Å². The maximum absolute atomic E-state index is 6.57. The van der Waals surface area contributed by atoms with Gasteiger partial charge in [0.05, 0.1) is 13.2 Å². The lowest BCUT2D eigenvalue weighted by Crippen LogP contribution is -2.29. The van der Waals surface area contributed by atoms with Gasteiger partial charge in [-0.05, 0) is 50.3 Å². The molecular weight excluding hydrogens is 286 g/mol. The number of nitrogens with one attached hydrogen (secondary N) is 1. The first-order chi connectivity index (χ1) is 10.3. The predicted molar refractivity (Wildman–Crippen MR) is 85.7 cm³/mol. The summed E-state index contributed by atoms with van der Waals surface area (Å²) < 4.78 is 11.8.